The highest BCUT2D eigenvalue weighted by Crippen LogP contribution is 2.29. The van der Waals surface area contributed by atoms with Gasteiger partial charge in [-0.3, -0.25) is 0 Å². The second-order valence-electron chi connectivity index (χ2n) is 7.11. The monoisotopic (exact) mass is 459 g/mol. The molecule has 4 rings (SSSR count). The lowest BCUT2D eigenvalue weighted by Gasteiger charge is -2.08. The minimum atomic E-state index is -1.24. The van der Waals surface area contributed by atoms with Crippen LogP contribution in [-0.4, -0.2) is 26.2 Å². The first-order valence-corrected chi connectivity index (χ1v) is 10.2. The molecule has 164 valence electrons. The van der Waals surface area contributed by atoms with Crippen molar-refractivity contribution in [1.82, 2.24) is 9.97 Å². The van der Waals surface area contributed by atoms with Crippen molar-refractivity contribution in [3.8, 4) is 17.0 Å². The maximum Gasteiger partial charge on any atom is 0.339 e. The summed E-state index contributed by atoms with van der Waals surface area (Å²) in [5, 5.41) is 30.9. The number of aromatic hydroxyl groups is 1. The SMILES string of the molecule is Cc1ccc(Nc2nccc(-c3cccc(Cl)c3)n2)cc1N=Nc1ccc(O)c(C(=O)O)c1. The fourth-order valence-corrected chi connectivity index (χ4v) is 3.21. The summed E-state index contributed by atoms with van der Waals surface area (Å²) >= 11 is 6.08. The van der Waals surface area contributed by atoms with Gasteiger partial charge in [-0.1, -0.05) is 29.8 Å². The number of halogens is 1. The Morgan fingerprint density at radius 3 is 2.67 bits per heavy atom. The average Bonchev–Trinajstić information content (AvgIpc) is 2.80. The summed E-state index contributed by atoms with van der Waals surface area (Å²) in [5.74, 6) is -1.17. The van der Waals surface area contributed by atoms with Crippen LogP contribution in [0.5, 0.6) is 5.75 Å². The van der Waals surface area contributed by atoms with E-state index < -0.39 is 5.97 Å². The highest BCUT2D eigenvalue weighted by Gasteiger charge is 2.10. The van der Waals surface area contributed by atoms with E-state index >= 15 is 0 Å². The number of anilines is 2. The first-order chi connectivity index (χ1) is 15.9. The van der Waals surface area contributed by atoms with Crippen LogP contribution in [0.1, 0.15) is 15.9 Å². The summed E-state index contributed by atoms with van der Waals surface area (Å²) in [5.41, 5.74) is 3.82. The lowest BCUT2D eigenvalue weighted by atomic mass is 10.1. The van der Waals surface area contributed by atoms with E-state index in [9.17, 15) is 9.90 Å². The molecule has 0 radical (unpaired) electrons. The fourth-order valence-electron chi connectivity index (χ4n) is 3.02. The second kappa shape index (κ2) is 9.46. The van der Waals surface area contributed by atoms with Gasteiger partial charge in [0.25, 0.3) is 0 Å². The molecule has 0 spiro atoms. The Hall–Kier alpha value is -4.30. The molecule has 0 aliphatic heterocycles. The van der Waals surface area contributed by atoms with E-state index in [0.29, 0.717) is 28.0 Å². The largest absolute Gasteiger partial charge is 0.507 e. The van der Waals surface area contributed by atoms with Crippen LogP contribution in [0.2, 0.25) is 5.02 Å². The molecular weight excluding hydrogens is 442 g/mol. The topological polar surface area (TPSA) is 120 Å². The average molecular weight is 460 g/mol. The van der Waals surface area contributed by atoms with Crippen LogP contribution in [0.25, 0.3) is 11.3 Å². The van der Waals surface area contributed by atoms with Crippen LogP contribution < -0.4 is 5.32 Å². The van der Waals surface area contributed by atoms with Crippen LogP contribution in [-0.2, 0) is 0 Å². The molecule has 0 fully saturated rings. The van der Waals surface area contributed by atoms with Crippen molar-refractivity contribution in [2.75, 3.05) is 5.32 Å². The number of nitrogens with zero attached hydrogens (tertiary/aromatic N) is 4. The third kappa shape index (κ3) is 5.31. The zero-order chi connectivity index (χ0) is 23.4. The summed E-state index contributed by atoms with van der Waals surface area (Å²) in [4.78, 5) is 20.0. The maximum absolute atomic E-state index is 11.2. The molecule has 0 saturated carbocycles. The number of carbonyl (C=O) groups is 1. The molecule has 9 heteroatoms. The van der Waals surface area contributed by atoms with E-state index in [1.165, 1.54) is 18.2 Å². The van der Waals surface area contributed by atoms with Crippen molar-refractivity contribution in [3.63, 3.8) is 0 Å². The molecule has 0 bridgehead atoms. The van der Waals surface area contributed by atoms with Crippen LogP contribution in [0.4, 0.5) is 23.0 Å². The summed E-state index contributed by atoms with van der Waals surface area (Å²) in [6.45, 7) is 1.88. The van der Waals surface area contributed by atoms with Gasteiger partial charge in [-0.2, -0.15) is 10.2 Å². The number of aryl methyl sites for hydroxylation is 1. The van der Waals surface area contributed by atoms with Gasteiger partial charge in [0.15, 0.2) is 0 Å². The number of phenols is 1. The molecule has 0 saturated heterocycles. The number of aromatic carboxylic acids is 1. The van der Waals surface area contributed by atoms with Crippen LogP contribution in [0.15, 0.2) is 83.2 Å². The predicted molar refractivity (Wildman–Crippen MR) is 126 cm³/mol. The number of carboxylic acid groups (broad SMARTS) is 1. The van der Waals surface area contributed by atoms with E-state index in [4.69, 9.17) is 16.7 Å². The lowest BCUT2D eigenvalue weighted by Crippen LogP contribution is -1.98. The van der Waals surface area contributed by atoms with Gasteiger partial charge in [0.1, 0.15) is 11.3 Å². The van der Waals surface area contributed by atoms with E-state index in [-0.39, 0.29) is 11.3 Å². The Morgan fingerprint density at radius 2 is 1.88 bits per heavy atom. The van der Waals surface area contributed by atoms with Crippen LogP contribution in [0, 0.1) is 6.92 Å². The van der Waals surface area contributed by atoms with Gasteiger partial charge < -0.3 is 15.5 Å². The van der Waals surface area contributed by atoms with Crippen LogP contribution >= 0.6 is 11.6 Å². The van der Waals surface area contributed by atoms with Gasteiger partial charge in [-0.05, 0) is 61.0 Å². The van der Waals surface area contributed by atoms with Gasteiger partial charge >= 0.3 is 5.97 Å². The molecule has 8 nitrogen and oxygen atoms in total. The number of benzene rings is 3. The minimum Gasteiger partial charge on any atom is -0.507 e. The number of hydrogen-bond acceptors (Lipinski definition) is 7. The summed E-state index contributed by atoms with van der Waals surface area (Å²) in [6.07, 6.45) is 1.66. The molecule has 1 aromatic heterocycles. The van der Waals surface area contributed by atoms with E-state index in [0.717, 1.165) is 16.8 Å². The zero-order valence-corrected chi connectivity index (χ0v) is 18.2. The molecule has 3 aromatic carbocycles. The Morgan fingerprint density at radius 1 is 1.03 bits per heavy atom. The minimum absolute atomic E-state index is 0.240. The zero-order valence-electron chi connectivity index (χ0n) is 17.4. The van der Waals surface area contributed by atoms with E-state index in [2.05, 4.69) is 25.5 Å². The molecular formula is C24H18ClN5O3. The third-order valence-electron chi connectivity index (χ3n) is 4.72. The Kier molecular flexibility index (Phi) is 6.28. The maximum atomic E-state index is 11.2. The summed E-state index contributed by atoms with van der Waals surface area (Å²) in [7, 11) is 0. The molecule has 3 N–H and O–H groups in total. The number of azo groups is 1. The van der Waals surface area contributed by atoms with Gasteiger partial charge in [-0.15, -0.1) is 0 Å². The Balaban J connectivity index is 1.57. The van der Waals surface area contributed by atoms with E-state index in [1.54, 1.807) is 24.4 Å². The molecule has 1 heterocycles. The van der Waals surface area contributed by atoms with Crippen molar-refractivity contribution in [1.29, 1.82) is 0 Å². The first-order valence-electron chi connectivity index (χ1n) is 9.84. The molecule has 0 unspecified atom stereocenters. The molecule has 33 heavy (non-hydrogen) atoms. The van der Waals surface area contributed by atoms with Crippen molar-refractivity contribution >= 4 is 40.6 Å². The van der Waals surface area contributed by atoms with Gasteiger partial charge in [0.2, 0.25) is 5.95 Å². The number of aromatic nitrogens is 2. The quantitative estimate of drug-likeness (QED) is 0.277. The molecule has 4 aromatic rings. The van der Waals surface area contributed by atoms with Gasteiger partial charge in [0.05, 0.1) is 17.1 Å². The Bertz CT molecular complexity index is 1370. The highest BCUT2D eigenvalue weighted by atomic mass is 35.5. The lowest BCUT2D eigenvalue weighted by molar-refractivity contribution is 0.0693. The second-order valence-corrected chi connectivity index (χ2v) is 7.55. The van der Waals surface area contributed by atoms with Gasteiger partial charge in [0, 0.05) is 22.5 Å². The number of hydrogen-bond donors (Lipinski definition) is 3. The fraction of sp³-hybridized carbons (Fsp3) is 0.0417. The highest BCUT2D eigenvalue weighted by molar-refractivity contribution is 6.30. The van der Waals surface area contributed by atoms with Gasteiger partial charge in [-0.25, -0.2) is 14.8 Å². The molecule has 0 aliphatic carbocycles. The van der Waals surface area contributed by atoms with Crippen molar-refractivity contribution < 1.29 is 15.0 Å². The van der Waals surface area contributed by atoms with E-state index in [1.807, 2.05) is 37.3 Å². The van der Waals surface area contributed by atoms with Crippen molar-refractivity contribution in [3.05, 3.63) is 89.1 Å². The van der Waals surface area contributed by atoms with Crippen LogP contribution in [0.3, 0.4) is 0 Å². The third-order valence-corrected chi connectivity index (χ3v) is 4.96. The summed E-state index contributed by atoms with van der Waals surface area (Å²) < 4.78 is 0. The predicted octanol–water partition coefficient (Wildman–Crippen LogP) is 6.67. The molecule has 0 aliphatic rings. The van der Waals surface area contributed by atoms with Crippen molar-refractivity contribution in [2.24, 2.45) is 10.2 Å². The van der Waals surface area contributed by atoms with Crippen molar-refractivity contribution in [2.45, 2.75) is 6.92 Å². The smallest absolute Gasteiger partial charge is 0.339 e. The number of carboxylic acids is 1. The molecule has 0 atom stereocenters. The number of nitrogens with one attached hydrogen (secondary N) is 1. The molecule has 0 amide bonds. The number of rotatable bonds is 6. The first kappa shape index (κ1) is 21.9. The Labute approximate surface area is 194 Å². The standard InChI is InChI=1S/C24H18ClN5O3/c1-14-5-6-17(13-21(14)30-29-18-7-8-22(31)19(12-18)23(32)33)27-24-26-10-9-20(28-24)15-3-2-4-16(25)11-15/h2-13,31H,1H3,(H,32,33)(H,26,27,28). The summed E-state index contributed by atoms with van der Waals surface area (Å²) in [6, 6.07) is 18.7. The normalized spacial score (nSPS) is 11.0.